The number of nitrogens with two attached hydrogens (primary N) is 3. The minimum Gasteiger partial charge on any atom is -0.508 e. The highest BCUT2D eigenvalue weighted by atomic mass is 32.2. The number of H-pyrrole nitrogens is 2. The molecule has 3 fully saturated rings. The lowest BCUT2D eigenvalue weighted by molar-refractivity contribution is -0.149. The maximum absolute atomic E-state index is 15.7. The monoisotopic (exact) mass is 1870 g/mol. The Bertz CT molecular complexity index is 4970. The first-order valence-corrected chi connectivity index (χ1v) is 45.8. The highest BCUT2D eigenvalue weighted by molar-refractivity contribution is 8.00. The number of phenols is 1. The predicted molar refractivity (Wildman–Crippen MR) is 489 cm³/mol. The second-order valence-electron chi connectivity index (χ2n) is 34.2. The Kier molecular flexibility index (Phi) is 40.1. The van der Waals surface area contributed by atoms with Crippen LogP contribution in [0.25, 0.3) is 21.8 Å². The molecule has 24 N–H and O–H groups in total. The summed E-state index contributed by atoms with van der Waals surface area (Å²) in [6, 6.07) is -2.49. The first-order chi connectivity index (χ1) is 63.3. The molecule has 43 nitrogen and oxygen atoms in total. The number of carbonyl (C=O) groups excluding carboxylic acids is 17. The number of hydrogen-bond acceptors (Lipinski definition) is 23. The summed E-state index contributed by atoms with van der Waals surface area (Å²) in [6.07, 6.45) is 0.663. The van der Waals surface area contributed by atoms with Gasteiger partial charge < -0.3 is 131 Å². The number of aliphatic hydroxyl groups is 3. The van der Waals surface area contributed by atoms with Gasteiger partial charge in [-0.3, -0.25) is 86.9 Å². The van der Waals surface area contributed by atoms with Crippen LogP contribution in [0.15, 0.2) is 85.2 Å². The van der Waals surface area contributed by atoms with Crippen LogP contribution in [0, 0.1) is 11.3 Å². The average Bonchev–Trinajstić information content (AvgIpc) is 1.70. The van der Waals surface area contributed by atoms with Crippen molar-refractivity contribution in [1.29, 1.82) is 5.41 Å². The first-order valence-electron chi connectivity index (χ1n) is 44.7. The molecule has 0 radical (unpaired) electrons. The second-order valence-corrected chi connectivity index (χ2v) is 35.2. The number of benzene rings is 3. The van der Waals surface area contributed by atoms with Crippen molar-refractivity contribution >= 4 is 140 Å². The Morgan fingerprint density at radius 2 is 1.05 bits per heavy atom. The number of rotatable bonds is 26. The van der Waals surface area contributed by atoms with Gasteiger partial charge in [0, 0.05) is 113 Å². The normalized spacial score (nSPS) is 25.0. The van der Waals surface area contributed by atoms with Crippen LogP contribution in [-0.2, 0) is 101 Å². The SMILES string of the molecule is CCCC[C@H]1C(=O)N(C)[C@@H](CCCC)C(=O)N[C@@H](CCCNC(=N)N)C(=O)N[C@H](C(=O)NCC(N)=O)CSCC(=O)N[C@@H](Cc2ccc(O)cc2)C(=O)N(C)[C@@H](C)C(=O)N[C@H](CC(N)=O)C(=O)N2CCC[C@H]2C(=O)N[C@@H](CCO)C(=O)N[C@@H](CC(C)C)C(=O)N2C[C@H](O)C[C@H]2C(=O)N[C@@H](Cc2c[nH]c3ccccc23)C(=O)N[C@@H](CO)C(=O)N[C@@H](Cc2c[nH]c3ccccc23)C(=O)N1C. The fourth-order valence-electron chi connectivity index (χ4n) is 16.4. The van der Waals surface area contributed by atoms with Gasteiger partial charge in [0.05, 0.1) is 31.4 Å². The quantitative estimate of drug-likeness (QED) is 0.0145. The average molecular weight is 1870 g/mol. The summed E-state index contributed by atoms with van der Waals surface area (Å²) >= 11 is 0.755. The van der Waals surface area contributed by atoms with Gasteiger partial charge in [0.1, 0.15) is 90.3 Å². The van der Waals surface area contributed by atoms with E-state index in [0.29, 0.717) is 64.2 Å². The third kappa shape index (κ3) is 29.8. The molecule has 0 aliphatic carbocycles. The summed E-state index contributed by atoms with van der Waals surface area (Å²) in [6.45, 7) is 5.18. The summed E-state index contributed by atoms with van der Waals surface area (Å²) in [7, 11) is 3.88. The van der Waals surface area contributed by atoms with Crippen LogP contribution in [0.3, 0.4) is 0 Å². The lowest BCUT2D eigenvalue weighted by atomic mass is 10.00. The summed E-state index contributed by atoms with van der Waals surface area (Å²) < 4.78 is 0. The molecule has 0 bridgehead atoms. The van der Waals surface area contributed by atoms with Crippen molar-refractivity contribution in [1.82, 2.24) is 93.0 Å². The largest absolute Gasteiger partial charge is 0.508 e. The highest BCUT2D eigenvalue weighted by Crippen LogP contribution is 2.28. The van der Waals surface area contributed by atoms with E-state index in [-0.39, 0.29) is 89.0 Å². The van der Waals surface area contributed by atoms with E-state index in [2.05, 4.69) is 68.5 Å². The maximum Gasteiger partial charge on any atom is 0.246 e. The van der Waals surface area contributed by atoms with Crippen LogP contribution in [0.5, 0.6) is 5.75 Å². The number of thioether (sulfide) groups is 1. The number of aliphatic hydroxyl groups excluding tert-OH is 3. The lowest BCUT2D eigenvalue weighted by Gasteiger charge is -2.36. The standard InChI is InChI=1S/C89H128N22O21S/c1-9-11-24-68-81(125)99-59(23-17-32-94-89(92)93)77(121)106-67(76(120)97-43-73(91)117)46-133-47-74(118)98-63(36-50-27-29-53(114)30-28-50)84(128)107(6)49(5)75(119)102-65(40-72(90)116)86(130)110-33-18-26-69(110)82(126)100-60(31-34-112)78(122)103-62(35-48(3)4)87(131)111-44-54(115)39-71(111)83(127)101-61(37-51-41-95-57-21-15-13-19-55(51)57)79(123)105-66(45-113)80(124)104-64(38-52-42-96-58-22-16-14-20-56(52)58)85(129)109(8)70(25-12-10-2)88(132)108(68)7/h13-16,19-22,27-30,41-42,48-49,54,59-71,95-96,112-115H,9-12,17-18,23-26,31-40,43-47H2,1-8H3,(H2,90,116)(H2,91,117)(H,97,120)(H,98,118)(H,99,125)(H,100,126)(H,101,127)(H,102,119)(H,103,122)(H,104,124)(H,105,123)(H,106,121)(H4,92,93,94)/t49-,54+,59-,60-,61-,62-,63-,64-,65+,66-,67-,68-,69-,70-,71-/m0/s1. The Hall–Kier alpha value is -13.0. The van der Waals surface area contributed by atoms with Gasteiger partial charge in [-0.25, -0.2) is 0 Å². The van der Waals surface area contributed by atoms with Crippen molar-refractivity contribution in [3.8, 4) is 5.75 Å². The van der Waals surface area contributed by atoms with Crippen LogP contribution in [0.4, 0.5) is 0 Å². The molecule has 3 aliphatic heterocycles. The Morgan fingerprint density at radius 3 is 1.65 bits per heavy atom. The van der Waals surface area contributed by atoms with E-state index in [1.54, 1.807) is 74.8 Å². The van der Waals surface area contributed by atoms with Crippen molar-refractivity contribution in [2.45, 2.75) is 234 Å². The Labute approximate surface area is 773 Å². The summed E-state index contributed by atoms with van der Waals surface area (Å²) in [5, 5.41) is 81.0. The molecule has 0 unspecified atom stereocenters. The third-order valence-electron chi connectivity index (χ3n) is 23.8. The molecule has 5 aromatic rings. The van der Waals surface area contributed by atoms with Gasteiger partial charge in [-0.05, 0) is 105 Å². The highest BCUT2D eigenvalue weighted by Gasteiger charge is 2.47. The molecule has 3 saturated heterocycles. The molecular formula is C89H128N22O21S. The van der Waals surface area contributed by atoms with Crippen molar-refractivity contribution in [3.63, 3.8) is 0 Å². The van der Waals surface area contributed by atoms with Crippen molar-refractivity contribution in [2.24, 2.45) is 23.1 Å². The molecule has 17 amide bonds. The van der Waals surface area contributed by atoms with Crippen molar-refractivity contribution in [2.75, 3.05) is 72.0 Å². The smallest absolute Gasteiger partial charge is 0.246 e. The number of carbonyl (C=O) groups is 17. The first kappa shape index (κ1) is 105. The number of unbranched alkanes of at least 4 members (excludes halogenated alkanes) is 2. The molecule has 3 aromatic carbocycles. The van der Waals surface area contributed by atoms with Crippen molar-refractivity contribution < 1.29 is 102 Å². The van der Waals surface area contributed by atoms with Crippen LogP contribution in [0.1, 0.15) is 141 Å². The van der Waals surface area contributed by atoms with Gasteiger partial charge >= 0.3 is 0 Å². The Morgan fingerprint density at radius 1 is 0.534 bits per heavy atom. The number of primary amides is 2. The van der Waals surface area contributed by atoms with Crippen LogP contribution < -0.4 is 75.7 Å². The fraction of sp³-hybridized carbons (Fsp3) is 0.551. The number of amides is 17. The molecule has 3 aliphatic rings. The summed E-state index contributed by atoms with van der Waals surface area (Å²) in [4.78, 5) is 261. The van der Waals surface area contributed by atoms with Gasteiger partial charge in [-0.1, -0.05) is 102 Å². The number of phenolic OH excluding ortho intramolecular Hbond substituents is 1. The van der Waals surface area contributed by atoms with Crippen LogP contribution in [0.2, 0.25) is 0 Å². The zero-order chi connectivity index (χ0) is 97.6. The van der Waals surface area contributed by atoms with E-state index in [4.69, 9.17) is 22.6 Å². The third-order valence-corrected chi connectivity index (χ3v) is 24.8. The lowest BCUT2D eigenvalue weighted by Crippen LogP contribution is -2.61. The maximum atomic E-state index is 15.7. The molecular weight excluding hydrogens is 1750 g/mol. The molecule has 726 valence electrons. The Balaban J connectivity index is 1.19. The topological polar surface area (TPSA) is 653 Å². The van der Waals surface area contributed by atoms with Gasteiger partial charge in [-0.2, -0.15) is 0 Å². The number of para-hydroxylation sites is 2. The van der Waals surface area contributed by atoms with Crippen LogP contribution >= 0.6 is 11.8 Å². The van der Waals surface area contributed by atoms with Gasteiger partial charge in [-0.15, -0.1) is 11.8 Å². The van der Waals surface area contributed by atoms with E-state index >= 15 is 33.6 Å². The van der Waals surface area contributed by atoms with Crippen molar-refractivity contribution in [3.05, 3.63) is 102 Å². The number of aromatic nitrogens is 2. The molecule has 8 rings (SSSR count). The molecule has 44 heteroatoms. The van der Waals surface area contributed by atoms with Gasteiger partial charge in [0.2, 0.25) is 100 Å². The molecule has 2 aromatic heterocycles. The summed E-state index contributed by atoms with van der Waals surface area (Å²) in [5.41, 5.74) is 19.4. The number of hydrogen-bond donors (Lipinski definition) is 21. The second kappa shape index (κ2) is 50.6. The number of nitrogens with zero attached hydrogens (tertiary/aromatic N) is 5. The van der Waals surface area contributed by atoms with E-state index in [1.165, 1.54) is 52.3 Å². The zero-order valence-corrected chi connectivity index (χ0v) is 76.9. The molecule has 15 atom stereocenters. The summed E-state index contributed by atoms with van der Waals surface area (Å²) in [5.74, 6) is -18.3. The van der Waals surface area contributed by atoms with E-state index in [9.17, 15) is 68.4 Å². The number of aromatic amines is 2. The van der Waals surface area contributed by atoms with E-state index in [1.807, 2.05) is 13.8 Å². The number of guanidine groups is 1. The molecule has 0 spiro atoms. The zero-order valence-electron chi connectivity index (χ0n) is 76.1. The minimum absolute atomic E-state index is 0.0150. The van der Waals surface area contributed by atoms with Crippen LogP contribution in [-0.4, -0.2) is 324 Å². The number of likely N-dealkylation sites (N-methyl/N-ethyl adjacent to an activating group) is 3. The molecule has 133 heavy (non-hydrogen) atoms. The minimum atomic E-state index is -1.90. The van der Waals surface area contributed by atoms with E-state index < -0.39 is 254 Å². The molecule has 0 saturated carbocycles. The predicted octanol–water partition coefficient (Wildman–Crippen LogP) is -3.51. The number of fused-ring (bicyclic) bond motifs is 4. The molecule has 5 heterocycles. The fourth-order valence-corrected chi connectivity index (χ4v) is 17.2. The number of aromatic hydroxyl groups is 1. The van der Waals surface area contributed by atoms with E-state index in [0.717, 1.165) is 36.3 Å². The van der Waals surface area contributed by atoms with Gasteiger partial charge in [0.15, 0.2) is 5.96 Å². The number of nitrogens with one attached hydrogen (secondary N) is 14. The van der Waals surface area contributed by atoms with Gasteiger partial charge in [0.25, 0.3) is 0 Å².